The lowest BCUT2D eigenvalue weighted by atomic mass is 10.1. The zero-order valence-electron chi connectivity index (χ0n) is 15.5. The Bertz CT molecular complexity index is 760. The second kappa shape index (κ2) is 9.32. The van der Waals surface area contributed by atoms with Crippen molar-refractivity contribution in [3.63, 3.8) is 0 Å². The summed E-state index contributed by atoms with van der Waals surface area (Å²) in [5.74, 6) is 1.41. The second-order valence-electron chi connectivity index (χ2n) is 6.96. The van der Waals surface area contributed by atoms with E-state index in [9.17, 15) is 0 Å². The molecule has 0 bridgehead atoms. The molecule has 0 heterocycles. The maximum absolute atomic E-state index is 6.07. The molecule has 2 aromatic carbocycles. The molecule has 26 heavy (non-hydrogen) atoms. The van der Waals surface area contributed by atoms with Gasteiger partial charge >= 0.3 is 0 Å². The Labute approximate surface area is 174 Å². The van der Waals surface area contributed by atoms with Crippen molar-refractivity contribution in [2.45, 2.75) is 46.4 Å². The second-order valence-corrected chi connectivity index (χ2v) is 8.63. The van der Waals surface area contributed by atoms with Crippen LogP contribution in [-0.2, 0) is 13.2 Å². The van der Waals surface area contributed by atoms with E-state index >= 15 is 0 Å². The summed E-state index contributed by atoms with van der Waals surface area (Å²) in [6.07, 6.45) is 0. The first-order valence-corrected chi connectivity index (χ1v) is 10.0. The van der Waals surface area contributed by atoms with E-state index in [1.165, 1.54) is 0 Å². The number of hydrogen-bond donors (Lipinski definition) is 1. The van der Waals surface area contributed by atoms with Gasteiger partial charge in [-0.2, -0.15) is 0 Å². The number of benzene rings is 2. The van der Waals surface area contributed by atoms with Crippen molar-refractivity contribution in [2.75, 3.05) is 6.61 Å². The summed E-state index contributed by atoms with van der Waals surface area (Å²) in [5, 5.41) is 4.53. The fraction of sp³-hybridized carbons (Fsp3) is 0.400. The van der Waals surface area contributed by atoms with Gasteiger partial charge in [-0.05, 0) is 63.1 Å². The summed E-state index contributed by atoms with van der Waals surface area (Å²) >= 11 is 15.7. The molecule has 0 saturated carbocycles. The monoisotopic (exact) mass is 459 g/mol. The molecule has 2 aromatic rings. The fourth-order valence-electron chi connectivity index (χ4n) is 2.24. The molecular weight excluding hydrogens is 437 g/mol. The molecule has 142 valence electrons. The molecule has 0 saturated heterocycles. The normalized spacial score (nSPS) is 11.5. The topological polar surface area (TPSA) is 30.5 Å². The number of ether oxygens (including phenoxy) is 2. The minimum atomic E-state index is 0.0360. The van der Waals surface area contributed by atoms with Gasteiger partial charge < -0.3 is 14.8 Å². The van der Waals surface area contributed by atoms with E-state index in [-0.39, 0.29) is 5.54 Å². The van der Waals surface area contributed by atoms with Crippen molar-refractivity contribution in [2.24, 2.45) is 0 Å². The average molecular weight is 461 g/mol. The van der Waals surface area contributed by atoms with Crippen molar-refractivity contribution < 1.29 is 9.47 Å². The Morgan fingerprint density at radius 3 is 2.31 bits per heavy atom. The van der Waals surface area contributed by atoms with E-state index in [0.717, 1.165) is 27.9 Å². The number of halogens is 3. The molecule has 2 rings (SSSR count). The summed E-state index contributed by atoms with van der Waals surface area (Å²) in [4.78, 5) is 0. The first-order chi connectivity index (χ1) is 12.2. The summed E-state index contributed by atoms with van der Waals surface area (Å²) in [5.41, 5.74) is 2.09. The van der Waals surface area contributed by atoms with E-state index in [4.69, 9.17) is 32.7 Å². The van der Waals surface area contributed by atoms with Gasteiger partial charge in [-0.1, -0.05) is 45.2 Å². The highest BCUT2D eigenvalue weighted by atomic mass is 79.9. The van der Waals surface area contributed by atoms with Gasteiger partial charge in [0.15, 0.2) is 11.5 Å². The first kappa shape index (κ1) is 21.4. The average Bonchev–Trinajstić information content (AvgIpc) is 2.56. The highest BCUT2D eigenvalue weighted by Gasteiger charge is 2.14. The molecule has 0 aromatic heterocycles. The van der Waals surface area contributed by atoms with Gasteiger partial charge in [0.25, 0.3) is 0 Å². The number of rotatable bonds is 7. The van der Waals surface area contributed by atoms with Crippen molar-refractivity contribution in [1.29, 1.82) is 0 Å². The maximum Gasteiger partial charge on any atom is 0.162 e. The van der Waals surface area contributed by atoms with Gasteiger partial charge in [0.1, 0.15) is 6.61 Å². The quantitative estimate of drug-likeness (QED) is 0.503. The minimum absolute atomic E-state index is 0.0360. The summed E-state index contributed by atoms with van der Waals surface area (Å²) < 4.78 is 12.7. The van der Waals surface area contributed by atoms with Crippen LogP contribution in [0.5, 0.6) is 11.5 Å². The van der Waals surface area contributed by atoms with Crippen LogP contribution in [-0.4, -0.2) is 12.1 Å². The first-order valence-electron chi connectivity index (χ1n) is 8.46. The van der Waals surface area contributed by atoms with Crippen LogP contribution in [0.2, 0.25) is 10.0 Å². The van der Waals surface area contributed by atoms with Crippen LogP contribution in [0.4, 0.5) is 0 Å². The van der Waals surface area contributed by atoms with E-state index < -0.39 is 0 Å². The van der Waals surface area contributed by atoms with Crippen molar-refractivity contribution in [3.05, 3.63) is 56.0 Å². The van der Waals surface area contributed by atoms with Crippen molar-refractivity contribution in [1.82, 2.24) is 5.32 Å². The van der Waals surface area contributed by atoms with Gasteiger partial charge in [-0.3, -0.25) is 0 Å². The minimum Gasteiger partial charge on any atom is -0.490 e. The Hall–Kier alpha value is -0.940. The summed E-state index contributed by atoms with van der Waals surface area (Å²) in [6.45, 7) is 10.0. The van der Waals surface area contributed by atoms with Crippen LogP contribution >= 0.6 is 39.1 Å². The molecule has 3 nitrogen and oxygen atoms in total. The van der Waals surface area contributed by atoms with Gasteiger partial charge in [0.05, 0.1) is 16.7 Å². The Morgan fingerprint density at radius 1 is 1.00 bits per heavy atom. The van der Waals surface area contributed by atoms with E-state index in [1.807, 2.05) is 25.1 Å². The highest BCUT2D eigenvalue weighted by molar-refractivity contribution is 9.10. The molecule has 0 radical (unpaired) electrons. The van der Waals surface area contributed by atoms with E-state index in [0.29, 0.717) is 29.0 Å². The van der Waals surface area contributed by atoms with Crippen LogP contribution in [0.15, 0.2) is 34.8 Å². The Balaban J connectivity index is 2.18. The van der Waals surface area contributed by atoms with Gasteiger partial charge in [0.2, 0.25) is 0 Å². The van der Waals surface area contributed by atoms with Crippen LogP contribution < -0.4 is 14.8 Å². The molecule has 0 aliphatic heterocycles. The molecule has 1 N–H and O–H groups in total. The third-order valence-electron chi connectivity index (χ3n) is 3.60. The zero-order valence-corrected chi connectivity index (χ0v) is 18.6. The Kier molecular flexibility index (Phi) is 7.65. The summed E-state index contributed by atoms with van der Waals surface area (Å²) in [7, 11) is 0. The molecule has 0 atom stereocenters. The van der Waals surface area contributed by atoms with Gasteiger partial charge in [-0.25, -0.2) is 0 Å². The standard InChI is InChI=1S/C20H24BrCl2NO2/c1-5-25-18-9-14(11-24-20(2,3)4)15(21)10-19(18)26-12-13-6-7-16(22)17(23)8-13/h6-10,24H,5,11-12H2,1-4H3. The third-order valence-corrected chi connectivity index (χ3v) is 5.08. The maximum atomic E-state index is 6.07. The smallest absolute Gasteiger partial charge is 0.162 e. The SMILES string of the molecule is CCOc1cc(CNC(C)(C)C)c(Br)cc1OCc1ccc(Cl)c(Cl)c1. The van der Waals surface area contributed by atoms with Crippen LogP contribution in [0, 0.1) is 0 Å². The van der Waals surface area contributed by atoms with Crippen LogP contribution in [0.1, 0.15) is 38.8 Å². The van der Waals surface area contributed by atoms with Gasteiger partial charge in [0, 0.05) is 16.6 Å². The van der Waals surface area contributed by atoms with E-state index in [2.05, 4.69) is 42.0 Å². The lowest BCUT2D eigenvalue weighted by molar-refractivity contribution is 0.268. The summed E-state index contributed by atoms with van der Waals surface area (Å²) in [6, 6.07) is 9.42. The fourth-order valence-corrected chi connectivity index (χ4v) is 3.03. The molecule has 0 fully saturated rings. The largest absolute Gasteiger partial charge is 0.490 e. The third kappa shape index (κ3) is 6.34. The molecule has 0 spiro atoms. The van der Waals surface area contributed by atoms with Crippen molar-refractivity contribution >= 4 is 39.1 Å². The zero-order chi connectivity index (χ0) is 19.3. The molecule has 0 aliphatic rings. The highest BCUT2D eigenvalue weighted by Crippen LogP contribution is 2.35. The molecular formula is C20H24BrCl2NO2. The predicted octanol–water partition coefficient (Wildman–Crippen LogP) is 6.62. The van der Waals surface area contributed by atoms with E-state index in [1.54, 1.807) is 12.1 Å². The van der Waals surface area contributed by atoms with Crippen LogP contribution in [0.3, 0.4) is 0 Å². The molecule has 6 heteroatoms. The Morgan fingerprint density at radius 2 is 1.69 bits per heavy atom. The molecule has 0 amide bonds. The van der Waals surface area contributed by atoms with Crippen molar-refractivity contribution in [3.8, 4) is 11.5 Å². The lowest BCUT2D eigenvalue weighted by Gasteiger charge is -2.22. The van der Waals surface area contributed by atoms with Crippen LogP contribution in [0.25, 0.3) is 0 Å². The van der Waals surface area contributed by atoms with Gasteiger partial charge in [-0.15, -0.1) is 0 Å². The lowest BCUT2D eigenvalue weighted by Crippen LogP contribution is -2.35. The number of hydrogen-bond acceptors (Lipinski definition) is 3. The predicted molar refractivity (Wildman–Crippen MR) is 113 cm³/mol. The molecule has 0 aliphatic carbocycles. The number of nitrogens with one attached hydrogen (secondary N) is 1. The molecule has 0 unspecified atom stereocenters.